The molecule has 3 heterocycles. The average Bonchev–Trinajstić information content (AvgIpc) is 3.48. The Kier molecular flexibility index (Phi) is 7.85. The van der Waals surface area contributed by atoms with E-state index in [1.54, 1.807) is 16.2 Å². The first-order valence-electron chi connectivity index (χ1n) is 14.1. The molecule has 2 saturated heterocycles. The minimum Gasteiger partial charge on any atom is -0.444 e. The molecule has 9 nitrogen and oxygen atoms in total. The second-order valence-electron chi connectivity index (χ2n) is 12.7. The number of urea groups is 1. The zero-order valence-corrected chi connectivity index (χ0v) is 24.9. The molecule has 1 atom stereocenters. The van der Waals surface area contributed by atoms with Crippen LogP contribution in [0.5, 0.6) is 0 Å². The van der Waals surface area contributed by atoms with Crippen LogP contribution in [0.2, 0.25) is 0 Å². The second kappa shape index (κ2) is 11.0. The van der Waals surface area contributed by atoms with E-state index < -0.39 is 11.7 Å². The highest BCUT2D eigenvalue weighted by atomic mass is 32.1. The molecule has 0 bridgehead atoms. The van der Waals surface area contributed by atoms with Crippen LogP contribution in [0.3, 0.4) is 0 Å². The lowest BCUT2D eigenvalue weighted by Crippen LogP contribution is -2.42. The fourth-order valence-electron chi connectivity index (χ4n) is 5.68. The van der Waals surface area contributed by atoms with E-state index in [2.05, 4.69) is 35.4 Å². The standard InChI is InChI=1S/C30H40N4O5S/c1-29(2,3)39-28(37)32-21-9-10-34(18-21)27(36)31-20-8-6-7-19(15-20)24-22-16-30(4,5)17-23(35)25(22)40-26(24)33-11-13-38-14-12-33/h6-8,15,21H,9-14,16-18H2,1-5H3,(H,31,36)(H,32,37). The lowest BCUT2D eigenvalue weighted by atomic mass is 9.75. The number of hydrogen-bond acceptors (Lipinski definition) is 7. The van der Waals surface area contributed by atoms with Crippen molar-refractivity contribution in [1.29, 1.82) is 0 Å². The molecule has 0 saturated carbocycles. The number of Topliss-reactive ketones (excluding diaryl/α,β-unsaturated/α-hetero) is 1. The normalized spacial score (nSPS) is 20.7. The average molecular weight is 569 g/mol. The summed E-state index contributed by atoms with van der Waals surface area (Å²) in [5.74, 6) is 0.213. The van der Waals surface area contributed by atoms with Gasteiger partial charge in [0.15, 0.2) is 5.78 Å². The lowest BCUT2D eigenvalue weighted by Gasteiger charge is -2.30. The highest BCUT2D eigenvalue weighted by Crippen LogP contribution is 2.49. The van der Waals surface area contributed by atoms with Crippen molar-refractivity contribution in [3.05, 3.63) is 34.7 Å². The third-order valence-electron chi connectivity index (χ3n) is 7.43. The fourth-order valence-corrected chi connectivity index (χ4v) is 7.01. The van der Waals surface area contributed by atoms with E-state index in [-0.39, 0.29) is 23.3 Å². The van der Waals surface area contributed by atoms with Gasteiger partial charge in [-0.1, -0.05) is 26.0 Å². The number of alkyl carbamates (subject to hydrolysis) is 1. The molecule has 2 N–H and O–H groups in total. The Morgan fingerprint density at radius 3 is 2.60 bits per heavy atom. The van der Waals surface area contributed by atoms with Gasteiger partial charge in [-0.05, 0) is 62.3 Å². The molecular weight excluding hydrogens is 528 g/mol. The van der Waals surface area contributed by atoms with Crippen molar-refractivity contribution in [2.75, 3.05) is 49.6 Å². The molecule has 2 fully saturated rings. The van der Waals surface area contributed by atoms with E-state index in [9.17, 15) is 14.4 Å². The van der Waals surface area contributed by atoms with Crippen molar-refractivity contribution in [3.63, 3.8) is 0 Å². The first kappa shape index (κ1) is 28.4. The van der Waals surface area contributed by atoms with Crippen LogP contribution in [0.4, 0.5) is 20.3 Å². The van der Waals surface area contributed by atoms with E-state index in [1.807, 2.05) is 39.0 Å². The largest absolute Gasteiger partial charge is 0.444 e. The van der Waals surface area contributed by atoms with Gasteiger partial charge in [0.05, 0.1) is 29.1 Å². The summed E-state index contributed by atoms with van der Waals surface area (Å²) in [6.07, 6.45) is 1.59. The minimum absolute atomic E-state index is 0.104. The number of carbonyl (C=O) groups is 3. The number of thiophene rings is 1. The van der Waals surface area contributed by atoms with Gasteiger partial charge >= 0.3 is 12.1 Å². The Balaban J connectivity index is 1.35. The number of likely N-dealkylation sites (tertiary alicyclic amines) is 1. The molecule has 0 radical (unpaired) electrons. The number of hydrogen-bond donors (Lipinski definition) is 2. The highest BCUT2D eigenvalue weighted by Gasteiger charge is 2.37. The Morgan fingerprint density at radius 2 is 1.88 bits per heavy atom. The maximum absolute atomic E-state index is 13.2. The number of fused-ring (bicyclic) bond motifs is 1. The minimum atomic E-state index is -0.572. The van der Waals surface area contributed by atoms with Crippen LogP contribution < -0.4 is 15.5 Å². The molecule has 1 aromatic heterocycles. The summed E-state index contributed by atoms with van der Waals surface area (Å²) in [6, 6.07) is 7.54. The van der Waals surface area contributed by atoms with Crippen molar-refractivity contribution < 1.29 is 23.9 Å². The Labute approximate surface area is 240 Å². The molecule has 1 aliphatic carbocycles. The van der Waals surface area contributed by atoms with Crippen LogP contribution in [0, 0.1) is 5.41 Å². The maximum Gasteiger partial charge on any atom is 0.407 e. The fraction of sp³-hybridized carbons (Fsp3) is 0.567. The zero-order chi connectivity index (χ0) is 28.7. The molecule has 2 aliphatic heterocycles. The van der Waals surface area contributed by atoms with Gasteiger partial charge in [0.25, 0.3) is 0 Å². The lowest BCUT2D eigenvalue weighted by molar-refractivity contribution is 0.0506. The predicted octanol–water partition coefficient (Wildman–Crippen LogP) is 5.54. The first-order valence-corrected chi connectivity index (χ1v) is 14.9. The molecule has 2 aromatic rings. The molecule has 1 aromatic carbocycles. The number of amides is 3. The molecule has 0 spiro atoms. The molecule has 3 amide bonds. The molecule has 10 heteroatoms. The van der Waals surface area contributed by atoms with Crippen molar-refractivity contribution in [2.45, 2.75) is 65.5 Å². The van der Waals surface area contributed by atoms with E-state index in [1.165, 1.54) is 0 Å². The first-order chi connectivity index (χ1) is 18.9. The number of ketones is 1. The van der Waals surface area contributed by atoms with Gasteiger partial charge in [-0.25, -0.2) is 9.59 Å². The number of anilines is 2. The van der Waals surface area contributed by atoms with Gasteiger partial charge in [-0.2, -0.15) is 0 Å². The van der Waals surface area contributed by atoms with Crippen LogP contribution in [0.1, 0.15) is 62.7 Å². The summed E-state index contributed by atoms with van der Waals surface area (Å²) in [5.41, 5.74) is 3.23. The quantitative estimate of drug-likeness (QED) is 0.503. The summed E-state index contributed by atoms with van der Waals surface area (Å²) in [4.78, 5) is 43.4. The summed E-state index contributed by atoms with van der Waals surface area (Å²) in [7, 11) is 0. The summed E-state index contributed by atoms with van der Waals surface area (Å²) < 4.78 is 11.0. The number of ether oxygens (including phenoxy) is 2. The van der Waals surface area contributed by atoms with Gasteiger partial charge in [0, 0.05) is 43.9 Å². The van der Waals surface area contributed by atoms with Gasteiger partial charge in [-0.15, -0.1) is 11.3 Å². The third kappa shape index (κ3) is 6.44. The molecule has 216 valence electrons. The second-order valence-corrected chi connectivity index (χ2v) is 13.7. The monoisotopic (exact) mass is 568 g/mol. The summed E-state index contributed by atoms with van der Waals surface area (Å²) >= 11 is 1.60. The van der Waals surface area contributed by atoms with Crippen LogP contribution in [-0.2, 0) is 15.9 Å². The van der Waals surface area contributed by atoms with Gasteiger partial charge in [0.1, 0.15) is 5.60 Å². The molecular formula is C30H40N4O5S. The van der Waals surface area contributed by atoms with E-state index in [0.717, 1.165) is 46.1 Å². The van der Waals surface area contributed by atoms with Crippen molar-refractivity contribution >= 4 is 39.9 Å². The van der Waals surface area contributed by atoms with E-state index in [0.29, 0.717) is 44.8 Å². The van der Waals surface area contributed by atoms with Crippen LogP contribution in [0.15, 0.2) is 24.3 Å². The molecule has 1 unspecified atom stereocenters. The number of nitrogens with one attached hydrogen (secondary N) is 2. The van der Waals surface area contributed by atoms with Gasteiger partial charge in [0.2, 0.25) is 0 Å². The predicted molar refractivity (Wildman–Crippen MR) is 158 cm³/mol. The zero-order valence-electron chi connectivity index (χ0n) is 24.1. The number of carbonyl (C=O) groups excluding carboxylic acids is 3. The van der Waals surface area contributed by atoms with Crippen LogP contribution >= 0.6 is 11.3 Å². The molecule has 3 aliphatic rings. The van der Waals surface area contributed by atoms with Gasteiger partial charge < -0.3 is 29.9 Å². The summed E-state index contributed by atoms with van der Waals surface area (Å²) in [5, 5.41) is 7.02. The van der Waals surface area contributed by atoms with E-state index in [4.69, 9.17) is 9.47 Å². The number of benzene rings is 1. The Morgan fingerprint density at radius 1 is 1.12 bits per heavy atom. The van der Waals surface area contributed by atoms with Crippen molar-refractivity contribution in [1.82, 2.24) is 10.2 Å². The van der Waals surface area contributed by atoms with Crippen LogP contribution in [0.25, 0.3) is 11.1 Å². The van der Waals surface area contributed by atoms with Crippen molar-refractivity contribution in [3.8, 4) is 11.1 Å². The SMILES string of the molecule is CC1(C)CC(=O)c2sc(N3CCOCC3)c(-c3cccc(NC(=O)N4CCC(NC(=O)OC(C)(C)C)C4)c3)c2C1. The molecule has 5 rings (SSSR count). The smallest absolute Gasteiger partial charge is 0.407 e. The van der Waals surface area contributed by atoms with Crippen LogP contribution in [-0.4, -0.2) is 73.8 Å². The highest BCUT2D eigenvalue weighted by molar-refractivity contribution is 7.19. The number of nitrogens with zero attached hydrogens (tertiary/aromatic N) is 2. The van der Waals surface area contributed by atoms with Gasteiger partial charge in [-0.3, -0.25) is 4.79 Å². The van der Waals surface area contributed by atoms with Crippen molar-refractivity contribution in [2.24, 2.45) is 5.41 Å². The maximum atomic E-state index is 13.2. The summed E-state index contributed by atoms with van der Waals surface area (Å²) in [6.45, 7) is 13.6. The van der Waals surface area contributed by atoms with E-state index >= 15 is 0 Å². The molecule has 40 heavy (non-hydrogen) atoms. The Hall–Kier alpha value is -3.11. The Bertz CT molecular complexity index is 1290. The topological polar surface area (TPSA) is 100 Å². The number of rotatable bonds is 4. The third-order valence-corrected chi connectivity index (χ3v) is 8.77. The number of morpholine rings is 1.